The molecular weight excluding hydrogens is 164 g/mol. The van der Waals surface area contributed by atoms with Gasteiger partial charge in [-0.1, -0.05) is 38.8 Å². The first-order valence-electron chi connectivity index (χ1n) is 5.00. The van der Waals surface area contributed by atoms with Crippen LogP contribution in [-0.4, -0.2) is 11.1 Å². The maximum Gasteiger partial charge on any atom is 0.313 e. The Kier molecular flexibility index (Phi) is 5.44. The van der Waals surface area contributed by atoms with Crippen LogP contribution < -0.4 is 0 Å². The van der Waals surface area contributed by atoms with Crippen molar-refractivity contribution < 1.29 is 9.90 Å². The van der Waals surface area contributed by atoms with Gasteiger partial charge < -0.3 is 5.11 Å². The monoisotopic (exact) mass is 184 g/mol. The molecule has 1 atom stereocenters. The third-order valence-electron chi connectivity index (χ3n) is 2.52. The smallest absolute Gasteiger partial charge is 0.313 e. The van der Waals surface area contributed by atoms with E-state index >= 15 is 0 Å². The van der Waals surface area contributed by atoms with Crippen LogP contribution in [0.15, 0.2) is 12.2 Å². The molecule has 0 fully saturated rings. The van der Waals surface area contributed by atoms with E-state index in [2.05, 4.69) is 6.92 Å². The van der Waals surface area contributed by atoms with E-state index in [0.29, 0.717) is 6.42 Å². The first-order chi connectivity index (χ1) is 6.13. The van der Waals surface area contributed by atoms with Crippen molar-refractivity contribution in [3.63, 3.8) is 0 Å². The number of carbonyl (C=O) groups is 1. The van der Waals surface area contributed by atoms with Gasteiger partial charge >= 0.3 is 5.97 Å². The van der Waals surface area contributed by atoms with Crippen molar-refractivity contribution in [3.05, 3.63) is 12.2 Å². The highest BCUT2D eigenvalue weighted by atomic mass is 16.4. The molecule has 0 aromatic rings. The van der Waals surface area contributed by atoms with Gasteiger partial charge in [0.05, 0.1) is 5.41 Å². The first-order valence-corrected chi connectivity index (χ1v) is 5.00. The lowest BCUT2D eigenvalue weighted by molar-refractivity contribution is -0.146. The van der Waals surface area contributed by atoms with Gasteiger partial charge in [0.2, 0.25) is 0 Å². The van der Waals surface area contributed by atoms with E-state index in [1.54, 1.807) is 0 Å². The topological polar surface area (TPSA) is 37.3 Å². The molecule has 0 aliphatic rings. The highest BCUT2D eigenvalue weighted by molar-refractivity contribution is 5.76. The van der Waals surface area contributed by atoms with Crippen LogP contribution >= 0.6 is 0 Å². The molecule has 76 valence electrons. The fourth-order valence-corrected chi connectivity index (χ4v) is 1.52. The van der Waals surface area contributed by atoms with Crippen molar-refractivity contribution in [3.8, 4) is 0 Å². The zero-order valence-corrected chi connectivity index (χ0v) is 8.84. The highest BCUT2D eigenvalue weighted by Crippen LogP contribution is 2.30. The molecule has 0 aliphatic carbocycles. The Morgan fingerprint density at radius 1 is 1.46 bits per heavy atom. The number of rotatable bonds is 6. The van der Waals surface area contributed by atoms with E-state index in [4.69, 9.17) is 5.11 Å². The van der Waals surface area contributed by atoms with Crippen molar-refractivity contribution >= 4 is 5.97 Å². The van der Waals surface area contributed by atoms with Crippen LogP contribution in [0.3, 0.4) is 0 Å². The molecule has 0 spiro atoms. The van der Waals surface area contributed by atoms with Gasteiger partial charge in [-0.2, -0.15) is 0 Å². The lowest BCUT2D eigenvalue weighted by atomic mass is 9.80. The van der Waals surface area contributed by atoms with Gasteiger partial charge in [0.1, 0.15) is 0 Å². The normalized spacial score (nSPS) is 15.9. The number of allylic oxidation sites excluding steroid dienone is 1. The van der Waals surface area contributed by atoms with E-state index < -0.39 is 11.4 Å². The number of carboxylic acids is 1. The lowest BCUT2D eigenvalue weighted by Crippen LogP contribution is -2.28. The third kappa shape index (κ3) is 3.21. The molecule has 0 aromatic heterocycles. The minimum atomic E-state index is -0.693. The Bertz CT molecular complexity index is 185. The number of carboxylic acid groups (broad SMARTS) is 1. The summed E-state index contributed by atoms with van der Waals surface area (Å²) in [6.45, 7) is 5.89. The third-order valence-corrected chi connectivity index (χ3v) is 2.52. The van der Waals surface area contributed by atoms with E-state index in [9.17, 15) is 4.79 Å². The van der Waals surface area contributed by atoms with E-state index in [1.807, 2.05) is 26.0 Å². The second-order valence-electron chi connectivity index (χ2n) is 3.42. The van der Waals surface area contributed by atoms with Gasteiger partial charge in [-0.05, 0) is 19.8 Å². The van der Waals surface area contributed by atoms with Gasteiger partial charge in [0.25, 0.3) is 0 Å². The molecule has 0 rings (SSSR count). The maximum atomic E-state index is 11.1. The Hall–Kier alpha value is -0.790. The van der Waals surface area contributed by atoms with Crippen LogP contribution in [0.4, 0.5) is 0 Å². The molecule has 0 heterocycles. The van der Waals surface area contributed by atoms with Crippen molar-refractivity contribution in [1.82, 2.24) is 0 Å². The average molecular weight is 184 g/mol. The number of hydrogen-bond donors (Lipinski definition) is 1. The fraction of sp³-hybridized carbons (Fsp3) is 0.727. The van der Waals surface area contributed by atoms with Crippen LogP contribution in [0, 0.1) is 5.41 Å². The zero-order valence-electron chi connectivity index (χ0n) is 8.84. The summed E-state index contributed by atoms with van der Waals surface area (Å²) >= 11 is 0. The number of hydrogen-bond acceptors (Lipinski definition) is 1. The van der Waals surface area contributed by atoms with Gasteiger partial charge in [-0.3, -0.25) is 4.79 Å². The highest BCUT2D eigenvalue weighted by Gasteiger charge is 2.32. The lowest BCUT2D eigenvalue weighted by Gasteiger charge is -2.24. The summed E-state index contributed by atoms with van der Waals surface area (Å²) in [6, 6.07) is 0. The van der Waals surface area contributed by atoms with Crippen molar-refractivity contribution in [2.24, 2.45) is 5.41 Å². The Labute approximate surface area is 80.7 Å². The minimum absolute atomic E-state index is 0.620. The van der Waals surface area contributed by atoms with E-state index in [1.165, 1.54) is 0 Å². The summed E-state index contributed by atoms with van der Waals surface area (Å²) in [5.74, 6) is -0.693. The summed E-state index contributed by atoms with van der Waals surface area (Å²) in [5, 5.41) is 9.13. The molecular formula is C11H20O2. The summed E-state index contributed by atoms with van der Waals surface area (Å²) in [7, 11) is 0. The Morgan fingerprint density at radius 2 is 2.08 bits per heavy atom. The SMILES string of the molecule is CC=CC(CC)(CCCC)C(=O)O. The molecule has 2 nitrogen and oxygen atoms in total. The molecule has 0 bridgehead atoms. The number of unbranched alkanes of at least 4 members (excludes halogenated alkanes) is 1. The van der Waals surface area contributed by atoms with Crippen LogP contribution in [-0.2, 0) is 4.79 Å². The predicted molar refractivity (Wildman–Crippen MR) is 54.7 cm³/mol. The molecule has 1 unspecified atom stereocenters. The summed E-state index contributed by atoms with van der Waals surface area (Å²) < 4.78 is 0. The predicted octanol–water partition coefficient (Wildman–Crippen LogP) is 3.23. The second-order valence-corrected chi connectivity index (χ2v) is 3.42. The van der Waals surface area contributed by atoms with Crippen molar-refractivity contribution in [1.29, 1.82) is 0 Å². The molecule has 0 saturated carbocycles. The van der Waals surface area contributed by atoms with Gasteiger partial charge in [-0.15, -0.1) is 0 Å². The Morgan fingerprint density at radius 3 is 2.38 bits per heavy atom. The van der Waals surface area contributed by atoms with E-state index in [0.717, 1.165) is 19.3 Å². The summed E-state index contributed by atoms with van der Waals surface area (Å²) in [6.07, 6.45) is 7.11. The quantitative estimate of drug-likeness (QED) is 0.643. The van der Waals surface area contributed by atoms with Crippen LogP contribution in [0.5, 0.6) is 0 Å². The van der Waals surface area contributed by atoms with Gasteiger partial charge in [0, 0.05) is 0 Å². The standard InChI is InChI=1S/C11H20O2/c1-4-7-9-11(6-3,8-5-2)10(12)13/h5,8H,4,6-7,9H2,1-3H3,(H,12,13). The molecule has 0 aromatic carbocycles. The zero-order chi connectivity index (χ0) is 10.3. The first kappa shape index (κ1) is 12.2. The largest absolute Gasteiger partial charge is 0.481 e. The molecule has 0 radical (unpaired) electrons. The summed E-state index contributed by atoms with van der Waals surface area (Å²) in [4.78, 5) is 11.1. The second kappa shape index (κ2) is 5.79. The van der Waals surface area contributed by atoms with Crippen molar-refractivity contribution in [2.45, 2.75) is 46.5 Å². The van der Waals surface area contributed by atoms with Crippen LogP contribution in [0.2, 0.25) is 0 Å². The Balaban J connectivity index is 4.54. The average Bonchev–Trinajstić information content (AvgIpc) is 2.12. The van der Waals surface area contributed by atoms with Crippen molar-refractivity contribution in [2.75, 3.05) is 0 Å². The minimum Gasteiger partial charge on any atom is -0.481 e. The fourth-order valence-electron chi connectivity index (χ4n) is 1.52. The molecule has 1 N–H and O–H groups in total. The summed E-state index contributed by atoms with van der Waals surface area (Å²) in [5.41, 5.74) is -0.620. The molecule has 0 saturated heterocycles. The maximum absolute atomic E-state index is 11.1. The van der Waals surface area contributed by atoms with Gasteiger partial charge in [-0.25, -0.2) is 0 Å². The molecule has 0 amide bonds. The number of aliphatic carboxylic acids is 1. The molecule has 0 aliphatic heterocycles. The van der Waals surface area contributed by atoms with Gasteiger partial charge in [0.15, 0.2) is 0 Å². The van der Waals surface area contributed by atoms with Crippen LogP contribution in [0.25, 0.3) is 0 Å². The molecule has 13 heavy (non-hydrogen) atoms. The van der Waals surface area contributed by atoms with Crippen LogP contribution in [0.1, 0.15) is 46.5 Å². The molecule has 2 heteroatoms. The van der Waals surface area contributed by atoms with E-state index in [-0.39, 0.29) is 0 Å².